The number of carbonyl (C=O) groups is 2. The van der Waals surface area contributed by atoms with E-state index in [1.807, 2.05) is 0 Å². The van der Waals surface area contributed by atoms with Gasteiger partial charge in [-0.1, -0.05) is 19.1 Å². The molecule has 1 atom stereocenters. The lowest BCUT2D eigenvalue weighted by Gasteiger charge is -2.11. The molecular formula is C15H21NO6S. The standard InChI is InChI=1S/C15H21NO6S/c1-3-23(20,21)12-7-4-11(5-8-12)6-9-14(17)16-10-13(22-2)15(18)19/h4-5,7-8,13H,3,6,9-10H2,1-2H3,(H,16,17)(H,18,19). The fourth-order valence-corrected chi connectivity index (χ4v) is 2.74. The quantitative estimate of drug-likeness (QED) is 0.680. The third kappa shape index (κ3) is 5.99. The van der Waals surface area contributed by atoms with Crippen LogP contribution in [0.5, 0.6) is 0 Å². The number of carbonyl (C=O) groups excluding carboxylic acids is 1. The van der Waals surface area contributed by atoms with Crippen molar-refractivity contribution in [3.63, 3.8) is 0 Å². The maximum absolute atomic E-state index is 11.7. The van der Waals surface area contributed by atoms with Crippen molar-refractivity contribution < 1.29 is 27.9 Å². The molecule has 0 bridgehead atoms. The van der Waals surface area contributed by atoms with E-state index >= 15 is 0 Å². The Morgan fingerprint density at radius 1 is 1.26 bits per heavy atom. The lowest BCUT2D eigenvalue weighted by Crippen LogP contribution is -2.37. The number of carboxylic acids is 1. The Morgan fingerprint density at radius 3 is 2.35 bits per heavy atom. The van der Waals surface area contributed by atoms with Crippen LogP contribution in [0.3, 0.4) is 0 Å². The predicted octanol–water partition coefficient (Wildman–Crippen LogP) is 0.629. The molecule has 7 nitrogen and oxygen atoms in total. The molecule has 0 aromatic heterocycles. The monoisotopic (exact) mass is 343 g/mol. The minimum atomic E-state index is -3.22. The summed E-state index contributed by atoms with van der Waals surface area (Å²) in [6.07, 6.45) is -0.462. The summed E-state index contributed by atoms with van der Waals surface area (Å²) in [6, 6.07) is 6.39. The van der Waals surface area contributed by atoms with Gasteiger partial charge in [0.15, 0.2) is 15.9 Å². The number of amides is 1. The number of rotatable bonds is 9. The lowest BCUT2D eigenvalue weighted by atomic mass is 10.1. The zero-order valence-electron chi connectivity index (χ0n) is 13.1. The van der Waals surface area contributed by atoms with Crippen molar-refractivity contribution >= 4 is 21.7 Å². The van der Waals surface area contributed by atoms with Crippen LogP contribution in [0.15, 0.2) is 29.2 Å². The maximum atomic E-state index is 11.7. The van der Waals surface area contributed by atoms with Crippen LogP contribution in [-0.4, -0.2) is 50.9 Å². The minimum absolute atomic E-state index is 0.0407. The molecule has 2 N–H and O–H groups in total. The van der Waals surface area contributed by atoms with Gasteiger partial charge in [0.05, 0.1) is 17.2 Å². The SMILES string of the molecule is CCS(=O)(=O)c1ccc(CCC(=O)NCC(OC)C(=O)O)cc1. The molecule has 0 aliphatic rings. The molecule has 1 rings (SSSR count). The first-order chi connectivity index (χ1) is 10.8. The maximum Gasteiger partial charge on any atom is 0.334 e. The van der Waals surface area contributed by atoms with E-state index in [4.69, 9.17) is 9.84 Å². The van der Waals surface area contributed by atoms with Crippen molar-refractivity contribution in [1.82, 2.24) is 5.32 Å². The highest BCUT2D eigenvalue weighted by atomic mass is 32.2. The summed E-state index contributed by atoms with van der Waals surface area (Å²) in [5.74, 6) is -1.39. The number of benzene rings is 1. The van der Waals surface area contributed by atoms with Gasteiger partial charge in [-0.15, -0.1) is 0 Å². The number of aliphatic carboxylic acids is 1. The highest BCUT2D eigenvalue weighted by molar-refractivity contribution is 7.91. The van der Waals surface area contributed by atoms with Crippen molar-refractivity contribution in [1.29, 1.82) is 0 Å². The van der Waals surface area contributed by atoms with Gasteiger partial charge in [-0.05, 0) is 24.1 Å². The van der Waals surface area contributed by atoms with Crippen molar-refractivity contribution in [2.75, 3.05) is 19.4 Å². The predicted molar refractivity (Wildman–Crippen MR) is 83.9 cm³/mol. The summed E-state index contributed by atoms with van der Waals surface area (Å²) in [4.78, 5) is 22.7. The number of aryl methyl sites for hydroxylation is 1. The topological polar surface area (TPSA) is 110 Å². The summed E-state index contributed by atoms with van der Waals surface area (Å²) in [7, 11) is -1.96. The molecule has 1 aromatic carbocycles. The van der Waals surface area contributed by atoms with Crippen molar-refractivity contribution in [2.24, 2.45) is 0 Å². The highest BCUT2D eigenvalue weighted by Crippen LogP contribution is 2.13. The fraction of sp³-hybridized carbons (Fsp3) is 0.467. The van der Waals surface area contributed by atoms with Gasteiger partial charge in [0.25, 0.3) is 0 Å². The lowest BCUT2D eigenvalue weighted by molar-refractivity contribution is -0.148. The molecule has 0 saturated heterocycles. The second-order valence-corrected chi connectivity index (χ2v) is 7.19. The van der Waals surface area contributed by atoms with Crippen LogP contribution >= 0.6 is 0 Å². The van der Waals surface area contributed by atoms with Gasteiger partial charge in [-0.3, -0.25) is 4.79 Å². The Morgan fingerprint density at radius 2 is 1.87 bits per heavy atom. The normalized spacial score (nSPS) is 12.6. The van der Waals surface area contributed by atoms with E-state index in [0.29, 0.717) is 6.42 Å². The number of ether oxygens (including phenoxy) is 1. The minimum Gasteiger partial charge on any atom is -0.479 e. The number of hydrogen-bond acceptors (Lipinski definition) is 5. The molecule has 8 heteroatoms. The van der Waals surface area contributed by atoms with Crippen LogP contribution in [0.25, 0.3) is 0 Å². The van der Waals surface area contributed by atoms with E-state index < -0.39 is 21.9 Å². The smallest absolute Gasteiger partial charge is 0.334 e. The average Bonchev–Trinajstić information content (AvgIpc) is 2.53. The first-order valence-corrected chi connectivity index (χ1v) is 8.79. The second kappa shape index (κ2) is 8.64. The molecular weight excluding hydrogens is 322 g/mol. The van der Waals surface area contributed by atoms with Gasteiger partial charge in [0.2, 0.25) is 5.91 Å². The molecule has 1 amide bonds. The summed E-state index contributed by atoms with van der Waals surface area (Å²) >= 11 is 0. The van der Waals surface area contributed by atoms with E-state index in [0.717, 1.165) is 5.56 Å². The van der Waals surface area contributed by atoms with Gasteiger partial charge in [0.1, 0.15) is 0 Å². The molecule has 1 unspecified atom stereocenters. The van der Waals surface area contributed by atoms with E-state index in [2.05, 4.69) is 5.32 Å². The molecule has 0 aliphatic heterocycles. The number of methoxy groups -OCH3 is 1. The number of hydrogen-bond donors (Lipinski definition) is 2. The summed E-state index contributed by atoms with van der Waals surface area (Å²) < 4.78 is 28.1. The highest BCUT2D eigenvalue weighted by Gasteiger charge is 2.17. The van der Waals surface area contributed by atoms with Crippen LogP contribution in [0.4, 0.5) is 0 Å². The molecule has 1 aromatic rings. The van der Waals surface area contributed by atoms with Crippen LogP contribution in [0, 0.1) is 0 Å². The number of carboxylic acid groups (broad SMARTS) is 1. The largest absolute Gasteiger partial charge is 0.479 e. The molecule has 23 heavy (non-hydrogen) atoms. The third-order valence-corrected chi connectivity index (χ3v) is 5.10. The van der Waals surface area contributed by atoms with Gasteiger partial charge in [0, 0.05) is 13.5 Å². The van der Waals surface area contributed by atoms with Gasteiger partial charge in [-0.25, -0.2) is 13.2 Å². The van der Waals surface area contributed by atoms with Crippen LogP contribution < -0.4 is 5.32 Å². The number of sulfone groups is 1. The Hall–Kier alpha value is -1.93. The van der Waals surface area contributed by atoms with Gasteiger partial charge < -0.3 is 15.2 Å². The van der Waals surface area contributed by atoms with E-state index in [1.165, 1.54) is 19.2 Å². The molecule has 0 aliphatic carbocycles. The Bertz CT molecular complexity index is 638. The summed E-state index contributed by atoms with van der Waals surface area (Å²) in [5.41, 5.74) is 0.830. The Balaban J connectivity index is 2.49. The third-order valence-electron chi connectivity index (χ3n) is 3.35. The van der Waals surface area contributed by atoms with Crippen molar-refractivity contribution in [3.05, 3.63) is 29.8 Å². The Kier molecular flexibility index (Phi) is 7.18. The van der Waals surface area contributed by atoms with Gasteiger partial charge >= 0.3 is 5.97 Å². The van der Waals surface area contributed by atoms with Gasteiger partial charge in [-0.2, -0.15) is 0 Å². The Labute approximate surface area is 135 Å². The fourth-order valence-electron chi connectivity index (χ4n) is 1.85. The van der Waals surface area contributed by atoms with E-state index in [9.17, 15) is 18.0 Å². The summed E-state index contributed by atoms with van der Waals surface area (Å²) in [6.45, 7) is 1.48. The van der Waals surface area contributed by atoms with Crippen molar-refractivity contribution in [2.45, 2.75) is 30.8 Å². The van der Waals surface area contributed by atoms with Crippen molar-refractivity contribution in [3.8, 4) is 0 Å². The summed E-state index contributed by atoms with van der Waals surface area (Å²) in [5, 5.41) is 11.3. The molecule has 128 valence electrons. The molecule has 0 spiro atoms. The number of nitrogens with one attached hydrogen (secondary N) is 1. The zero-order valence-corrected chi connectivity index (χ0v) is 13.9. The first-order valence-electron chi connectivity index (χ1n) is 7.14. The van der Waals surface area contributed by atoms with E-state index in [1.54, 1.807) is 19.1 Å². The molecule has 0 radical (unpaired) electrons. The molecule has 0 fully saturated rings. The van der Waals surface area contributed by atoms with E-state index in [-0.39, 0.29) is 29.5 Å². The van der Waals surface area contributed by atoms with Crippen LogP contribution in [0.1, 0.15) is 18.9 Å². The molecule has 0 saturated carbocycles. The average molecular weight is 343 g/mol. The molecule has 0 heterocycles. The second-order valence-electron chi connectivity index (χ2n) is 4.91. The first kappa shape index (κ1) is 19.1. The van der Waals surface area contributed by atoms with Crippen LogP contribution in [0.2, 0.25) is 0 Å². The zero-order chi connectivity index (χ0) is 17.5. The van der Waals surface area contributed by atoms with Crippen LogP contribution in [-0.2, 0) is 30.6 Å².